The minimum Gasteiger partial charge on any atom is -0.395 e. The van der Waals surface area contributed by atoms with Crippen molar-refractivity contribution >= 4 is 27.5 Å². The van der Waals surface area contributed by atoms with Gasteiger partial charge in [0.2, 0.25) is 5.91 Å². The van der Waals surface area contributed by atoms with Gasteiger partial charge < -0.3 is 15.0 Å². The van der Waals surface area contributed by atoms with Crippen molar-refractivity contribution in [2.45, 2.75) is 6.54 Å². The molecule has 1 heterocycles. The van der Waals surface area contributed by atoms with Crippen molar-refractivity contribution in [3.63, 3.8) is 0 Å². The van der Waals surface area contributed by atoms with Gasteiger partial charge in [-0.15, -0.1) is 0 Å². The quantitative estimate of drug-likeness (QED) is 0.567. The molecule has 0 aromatic carbocycles. The highest BCUT2D eigenvalue weighted by Gasteiger charge is 2.16. The highest BCUT2D eigenvalue weighted by molar-refractivity contribution is 9.10. The van der Waals surface area contributed by atoms with E-state index in [-0.39, 0.29) is 24.2 Å². The van der Waals surface area contributed by atoms with E-state index in [2.05, 4.69) is 21.2 Å². The maximum atomic E-state index is 11.4. The summed E-state index contributed by atoms with van der Waals surface area (Å²) in [5.41, 5.74) is -1.36. The lowest BCUT2D eigenvalue weighted by Crippen LogP contribution is -2.30. The molecule has 0 aliphatic carbocycles. The van der Waals surface area contributed by atoms with Gasteiger partial charge in [-0.25, -0.2) is 0 Å². The topological polar surface area (TPSA) is 114 Å². The Kier molecular flexibility index (Phi) is 4.98. The molecule has 0 bridgehead atoms. The summed E-state index contributed by atoms with van der Waals surface area (Å²) in [6, 6.07) is 0. The zero-order valence-electron chi connectivity index (χ0n) is 9.13. The molecule has 0 spiro atoms. The van der Waals surface area contributed by atoms with Gasteiger partial charge in [0.05, 0.1) is 22.2 Å². The summed E-state index contributed by atoms with van der Waals surface area (Å²) in [5.74, 6) is -0.422. The number of aromatic nitrogens is 1. The number of pyridine rings is 1. The van der Waals surface area contributed by atoms with E-state index >= 15 is 0 Å². The van der Waals surface area contributed by atoms with E-state index in [4.69, 9.17) is 5.11 Å². The first-order valence-electron chi connectivity index (χ1n) is 4.87. The summed E-state index contributed by atoms with van der Waals surface area (Å²) in [6.45, 7) is -0.276. The number of rotatable bonds is 5. The van der Waals surface area contributed by atoms with Crippen LogP contribution < -0.4 is 10.7 Å². The normalized spacial score (nSPS) is 10.1. The second kappa shape index (κ2) is 6.26. The SMILES string of the molecule is O=C(Cn1cc(Br)c(=O)c([N+](=O)[O-])c1)NCCO. The van der Waals surface area contributed by atoms with E-state index in [1.807, 2.05) is 0 Å². The number of carbonyl (C=O) groups is 1. The lowest BCUT2D eigenvalue weighted by atomic mass is 10.4. The highest BCUT2D eigenvalue weighted by Crippen LogP contribution is 2.10. The Hall–Kier alpha value is -1.74. The molecule has 0 fully saturated rings. The number of nitrogens with one attached hydrogen (secondary N) is 1. The number of hydrogen-bond acceptors (Lipinski definition) is 5. The Bertz CT molecular complexity index is 527. The molecule has 0 saturated heterocycles. The highest BCUT2D eigenvalue weighted by atomic mass is 79.9. The summed E-state index contributed by atoms with van der Waals surface area (Å²) >= 11 is 2.90. The van der Waals surface area contributed by atoms with Crippen LogP contribution in [0.25, 0.3) is 0 Å². The number of carbonyl (C=O) groups excluding carboxylic acids is 1. The molecule has 8 nitrogen and oxygen atoms in total. The number of halogens is 1. The van der Waals surface area contributed by atoms with Crippen molar-refractivity contribution in [3.05, 3.63) is 37.2 Å². The van der Waals surface area contributed by atoms with Gasteiger partial charge in [0.25, 0.3) is 5.43 Å². The maximum absolute atomic E-state index is 11.4. The molecule has 0 atom stereocenters. The molecule has 1 aromatic heterocycles. The summed E-state index contributed by atoms with van der Waals surface area (Å²) in [4.78, 5) is 32.5. The van der Waals surface area contributed by atoms with E-state index in [1.165, 1.54) is 10.8 Å². The number of amides is 1. The second-order valence-corrected chi connectivity index (χ2v) is 4.18. The molecule has 0 unspecified atom stereocenters. The van der Waals surface area contributed by atoms with Gasteiger partial charge in [-0.05, 0) is 15.9 Å². The van der Waals surface area contributed by atoms with Crippen LogP contribution in [-0.2, 0) is 11.3 Å². The van der Waals surface area contributed by atoms with Crippen LogP contribution in [0.4, 0.5) is 5.69 Å². The first kappa shape index (κ1) is 14.3. The van der Waals surface area contributed by atoms with Gasteiger partial charge in [-0.3, -0.25) is 19.7 Å². The Labute approximate surface area is 110 Å². The third-order valence-corrected chi connectivity index (χ3v) is 2.54. The van der Waals surface area contributed by atoms with Crippen LogP contribution in [0.15, 0.2) is 21.7 Å². The first-order chi connectivity index (χ1) is 8.45. The van der Waals surface area contributed by atoms with Gasteiger partial charge in [0.15, 0.2) is 0 Å². The average molecular weight is 320 g/mol. The van der Waals surface area contributed by atoms with Crippen LogP contribution in [0.5, 0.6) is 0 Å². The van der Waals surface area contributed by atoms with E-state index in [0.29, 0.717) is 0 Å². The fourth-order valence-electron chi connectivity index (χ4n) is 1.22. The fourth-order valence-corrected chi connectivity index (χ4v) is 1.68. The predicted octanol–water partition coefficient (Wildman–Crippen LogP) is -0.372. The van der Waals surface area contributed by atoms with Gasteiger partial charge in [-0.1, -0.05) is 0 Å². The van der Waals surface area contributed by atoms with Crippen LogP contribution >= 0.6 is 15.9 Å². The van der Waals surface area contributed by atoms with Gasteiger partial charge in [0, 0.05) is 12.7 Å². The minimum atomic E-state index is -0.810. The van der Waals surface area contributed by atoms with E-state index < -0.39 is 21.9 Å². The molecule has 0 saturated carbocycles. The summed E-state index contributed by atoms with van der Waals surface area (Å²) in [7, 11) is 0. The molecule has 0 radical (unpaired) electrons. The van der Waals surface area contributed by atoms with E-state index in [0.717, 1.165) is 6.20 Å². The monoisotopic (exact) mass is 319 g/mol. The molecule has 2 N–H and O–H groups in total. The van der Waals surface area contributed by atoms with E-state index in [9.17, 15) is 19.7 Å². The smallest absolute Gasteiger partial charge is 0.333 e. The van der Waals surface area contributed by atoms with Crippen LogP contribution in [0.2, 0.25) is 0 Å². The lowest BCUT2D eigenvalue weighted by Gasteiger charge is -2.07. The van der Waals surface area contributed by atoms with E-state index in [1.54, 1.807) is 0 Å². The number of hydrogen-bond donors (Lipinski definition) is 2. The number of aliphatic hydroxyl groups is 1. The molecule has 0 aliphatic rings. The Morgan fingerprint density at radius 3 is 2.78 bits per heavy atom. The predicted molar refractivity (Wildman–Crippen MR) is 65.2 cm³/mol. The molecular weight excluding hydrogens is 310 g/mol. The zero-order chi connectivity index (χ0) is 13.7. The average Bonchev–Trinajstić information content (AvgIpc) is 2.30. The standard InChI is InChI=1S/C9H10BrN3O5/c10-6-3-12(5-8(15)11-1-2-14)4-7(9(6)16)13(17)18/h3-4,14H,1-2,5H2,(H,11,15). The molecule has 1 rings (SSSR count). The fraction of sp³-hybridized carbons (Fsp3) is 0.333. The minimum absolute atomic E-state index is 0.00616. The maximum Gasteiger partial charge on any atom is 0.333 e. The lowest BCUT2D eigenvalue weighted by molar-refractivity contribution is -0.386. The molecular formula is C9H10BrN3O5. The zero-order valence-corrected chi connectivity index (χ0v) is 10.7. The Balaban J connectivity index is 2.94. The van der Waals surface area contributed by atoms with Crippen LogP contribution in [0, 0.1) is 10.1 Å². The third-order valence-electron chi connectivity index (χ3n) is 1.97. The van der Waals surface area contributed by atoms with Gasteiger partial charge >= 0.3 is 5.69 Å². The Morgan fingerprint density at radius 2 is 2.22 bits per heavy atom. The molecule has 9 heteroatoms. The molecule has 0 aliphatic heterocycles. The number of nitrogens with zero attached hydrogens (tertiary/aromatic N) is 2. The Morgan fingerprint density at radius 1 is 1.56 bits per heavy atom. The molecule has 18 heavy (non-hydrogen) atoms. The number of nitro groups is 1. The van der Waals surface area contributed by atoms with Crippen molar-refractivity contribution < 1.29 is 14.8 Å². The van der Waals surface area contributed by atoms with Crippen molar-refractivity contribution in [2.24, 2.45) is 0 Å². The third kappa shape index (κ3) is 3.64. The summed E-state index contributed by atoms with van der Waals surface area (Å²) in [5, 5.41) is 21.5. The van der Waals surface area contributed by atoms with Crippen LogP contribution in [0.3, 0.4) is 0 Å². The van der Waals surface area contributed by atoms with Crippen molar-refractivity contribution in [1.82, 2.24) is 9.88 Å². The van der Waals surface area contributed by atoms with Gasteiger partial charge in [0.1, 0.15) is 6.54 Å². The summed E-state index contributed by atoms with van der Waals surface area (Å²) in [6.07, 6.45) is 2.28. The van der Waals surface area contributed by atoms with Crippen LogP contribution in [-0.4, -0.2) is 33.7 Å². The van der Waals surface area contributed by atoms with Crippen molar-refractivity contribution in [1.29, 1.82) is 0 Å². The largest absolute Gasteiger partial charge is 0.395 e. The number of aliphatic hydroxyl groups excluding tert-OH is 1. The first-order valence-corrected chi connectivity index (χ1v) is 5.66. The van der Waals surface area contributed by atoms with Crippen molar-refractivity contribution in [3.8, 4) is 0 Å². The molecule has 98 valence electrons. The van der Waals surface area contributed by atoms with Crippen molar-refractivity contribution in [2.75, 3.05) is 13.2 Å². The molecule has 1 aromatic rings. The second-order valence-electron chi connectivity index (χ2n) is 3.32. The van der Waals surface area contributed by atoms with Crippen LogP contribution in [0.1, 0.15) is 0 Å². The van der Waals surface area contributed by atoms with Gasteiger partial charge in [-0.2, -0.15) is 0 Å². The summed E-state index contributed by atoms with van der Waals surface area (Å²) < 4.78 is 1.22. The molecule has 1 amide bonds.